The van der Waals surface area contributed by atoms with E-state index >= 15 is 0 Å². The molecular formula is C14H18N4OS. The lowest BCUT2D eigenvalue weighted by Gasteiger charge is -2.19. The highest BCUT2D eigenvalue weighted by Gasteiger charge is 2.23. The molecule has 2 heterocycles. The van der Waals surface area contributed by atoms with Crippen LogP contribution in [0, 0.1) is 0 Å². The Kier molecular flexibility index (Phi) is 3.33. The van der Waals surface area contributed by atoms with Crippen molar-refractivity contribution in [1.82, 2.24) is 14.8 Å². The van der Waals surface area contributed by atoms with E-state index < -0.39 is 0 Å². The Morgan fingerprint density at radius 2 is 2.25 bits per heavy atom. The monoisotopic (exact) mass is 290 g/mol. The number of aromatic nitrogens is 3. The van der Waals surface area contributed by atoms with Crippen molar-refractivity contribution in [3.05, 3.63) is 27.7 Å². The Morgan fingerprint density at radius 3 is 2.90 bits per heavy atom. The normalized spacial score (nSPS) is 15.3. The van der Waals surface area contributed by atoms with Crippen LogP contribution in [0.2, 0.25) is 0 Å². The van der Waals surface area contributed by atoms with Crippen molar-refractivity contribution < 1.29 is 0 Å². The van der Waals surface area contributed by atoms with Crippen LogP contribution in [-0.2, 0) is 12.8 Å². The van der Waals surface area contributed by atoms with E-state index in [9.17, 15) is 4.79 Å². The van der Waals surface area contributed by atoms with Crippen LogP contribution in [0.25, 0.3) is 10.6 Å². The number of nitrogens with two attached hydrogens (primary N) is 1. The van der Waals surface area contributed by atoms with Crippen LogP contribution in [0.1, 0.15) is 44.0 Å². The van der Waals surface area contributed by atoms with E-state index in [0.29, 0.717) is 15.7 Å². The zero-order chi connectivity index (χ0) is 14.3. The second kappa shape index (κ2) is 5.01. The molecule has 2 aromatic heterocycles. The van der Waals surface area contributed by atoms with Gasteiger partial charge in [0.25, 0.3) is 5.56 Å². The van der Waals surface area contributed by atoms with Crippen molar-refractivity contribution in [2.75, 3.05) is 5.73 Å². The summed E-state index contributed by atoms with van der Waals surface area (Å²) in [5, 5.41) is 8.87. The average molecular weight is 290 g/mol. The van der Waals surface area contributed by atoms with Crippen LogP contribution in [-0.4, -0.2) is 14.8 Å². The molecule has 0 aliphatic heterocycles. The number of anilines is 1. The molecule has 0 saturated carbocycles. The van der Waals surface area contributed by atoms with Gasteiger partial charge in [0.2, 0.25) is 5.13 Å². The van der Waals surface area contributed by atoms with Gasteiger partial charge in [-0.2, -0.15) is 0 Å². The number of fused-ring (bicyclic) bond motifs is 1. The number of hydrogen-bond donors (Lipinski definition) is 1. The van der Waals surface area contributed by atoms with E-state index in [0.717, 1.165) is 25.7 Å². The van der Waals surface area contributed by atoms with Gasteiger partial charge in [-0.25, -0.2) is 0 Å². The molecule has 0 bridgehead atoms. The summed E-state index contributed by atoms with van der Waals surface area (Å²) >= 11 is 1.27. The Balaban J connectivity index is 2.25. The number of nitrogens with zero attached hydrogens (tertiary/aromatic N) is 3. The number of hydrogen-bond acceptors (Lipinski definition) is 5. The third kappa shape index (κ3) is 2.04. The number of pyridine rings is 1. The lowest BCUT2D eigenvalue weighted by molar-refractivity contribution is 0.497. The Labute approximate surface area is 121 Å². The number of nitrogen functional groups attached to an aromatic ring is 1. The van der Waals surface area contributed by atoms with Crippen LogP contribution in [0.15, 0.2) is 10.9 Å². The van der Waals surface area contributed by atoms with Gasteiger partial charge >= 0.3 is 0 Å². The summed E-state index contributed by atoms with van der Waals surface area (Å²) in [6, 6.07) is 2.20. The fourth-order valence-corrected chi connectivity index (χ4v) is 3.43. The number of aryl methyl sites for hydroxylation is 1. The predicted molar refractivity (Wildman–Crippen MR) is 81.0 cm³/mol. The Morgan fingerprint density at radius 1 is 1.45 bits per heavy atom. The lowest BCUT2D eigenvalue weighted by atomic mass is 10.1. The maximum Gasteiger partial charge on any atom is 0.261 e. The molecule has 1 unspecified atom stereocenters. The van der Waals surface area contributed by atoms with Crippen molar-refractivity contribution in [2.45, 2.75) is 45.6 Å². The summed E-state index contributed by atoms with van der Waals surface area (Å²) in [4.78, 5) is 12.8. The number of rotatable bonds is 3. The zero-order valence-electron chi connectivity index (χ0n) is 11.7. The van der Waals surface area contributed by atoms with Crippen LogP contribution < -0.4 is 11.3 Å². The summed E-state index contributed by atoms with van der Waals surface area (Å²) in [5.74, 6) is 0. The van der Waals surface area contributed by atoms with Gasteiger partial charge in [0, 0.05) is 11.7 Å². The molecule has 0 radical (unpaired) electrons. The van der Waals surface area contributed by atoms with E-state index in [2.05, 4.69) is 24.0 Å². The zero-order valence-corrected chi connectivity index (χ0v) is 12.5. The molecule has 2 N–H and O–H groups in total. The highest BCUT2D eigenvalue weighted by molar-refractivity contribution is 7.18. The summed E-state index contributed by atoms with van der Waals surface area (Å²) < 4.78 is 1.95. The van der Waals surface area contributed by atoms with Crippen molar-refractivity contribution in [3.63, 3.8) is 0 Å². The average Bonchev–Trinajstić information content (AvgIpc) is 3.05. The molecule has 106 valence electrons. The van der Waals surface area contributed by atoms with Gasteiger partial charge in [-0.05, 0) is 44.2 Å². The lowest BCUT2D eigenvalue weighted by Crippen LogP contribution is -2.27. The Bertz CT molecular complexity index is 704. The van der Waals surface area contributed by atoms with Crippen molar-refractivity contribution >= 4 is 16.5 Å². The molecular weight excluding hydrogens is 272 g/mol. The molecule has 2 aromatic rings. The molecule has 0 saturated heterocycles. The molecule has 1 aliphatic rings. The molecule has 20 heavy (non-hydrogen) atoms. The first-order valence-corrected chi connectivity index (χ1v) is 7.80. The van der Waals surface area contributed by atoms with Crippen molar-refractivity contribution in [2.24, 2.45) is 0 Å². The molecule has 1 atom stereocenters. The van der Waals surface area contributed by atoms with Crippen molar-refractivity contribution in [3.8, 4) is 10.6 Å². The smallest absolute Gasteiger partial charge is 0.261 e. The van der Waals surface area contributed by atoms with E-state index in [1.807, 2.05) is 10.6 Å². The maximum absolute atomic E-state index is 12.8. The fourth-order valence-electron chi connectivity index (χ4n) is 2.82. The van der Waals surface area contributed by atoms with Gasteiger partial charge in [0.1, 0.15) is 0 Å². The summed E-state index contributed by atoms with van der Waals surface area (Å²) in [6.45, 7) is 4.20. The molecule has 0 aromatic carbocycles. The van der Waals surface area contributed by atoms with Gasteiger partial charge in [-0.3, -0.25) is 4.79 Å². The second-order valence-electron chi connectivity index (χ2n) is 5.26. The highest BCUT2D eigenvalue weighted by Crippen LogP contribution is 2.29. The molecule has 3 rings (SSSR count). The van der Waals surface area contributed by atoms with Gasteiger partial charge in [0.05, 0.1) is 5.56 Å². The van der Waals surface area contributed by atoms with Crippen LogP contribution >= 0.6 is 11.3 Å². The van der Waals surface area contributed by atoms with Gasteiger partial charge in [-0.1, -0.05) is 18.3 Å². The van der Waals surface area contributed by atoms with E-state index in [-0.39, 0.29) is 11.6 Å². The summed E-state index contributed by atoms with van der Waals surface area (Å²) in [6.07, 6.45) is 4.09. The minimum absolute atomic E-state index is 0.0381. The van der Waals surface area contributed by atoms with E-state index in [4.69, 9.17) is 5.73 Å². The fraction of sp³-hybridized carbons (Fsp3) is 0.500. The summed E-state index contributed by atoms with van der Waals surface area (Å²) in [7, 11) is 0. The SMILES string of the molecule is CCC(C)n1c2c(cc(-c3nnc(N)s3)c1=O)CCC2. The minimum Gasteiger partial charge on any atom is -0.374 e. The minimum atomic E-state index is 0.0381. The third-order valence-corrected chi connectivity index (χ3v) is 4.78. The van der Waals surface area contributed by atoms with E-state index in [1.165, 1.54) is 22.6 Å². The molecule has 0 spiro atoms. The van der Waals surface area contributed by atoms with Gasteiger partial charge in [0.15, 0.2) is 5.01 Å². The standard InChI is InChI=1S/C14H18N4OS/c1-3-8(2)18-11-6-4-5-9(11)7-10(13(18)19)12-16-17-14(15)20-12/h7-8H,3-6H2,1-2H3,(H2,15,17). The highest BCUT2D eigenvalue weighted by atomic mass is 32.1. The maximum atomic E-state index is 12.8. The van der Waals surface area contributed by atoms with Crippen LogP contribution in [0.4, 0.5) is 5.13 Å². The predicted octanol–water partition coefficient (Wildman–Crippen LogP) is 2.41. The quantitative estimate of drug-likeness (QED) is 0.942. The third-order valence-electron chi connectivity index (χ3n) is 3.99. The molecule has 0 fully saturated rings. The molecule has 0 amide bonds. The van der Waals surface area contributed by atoms with Gasteiger partial charge in [-0.15, -0.1) is 10.2 Å². The molecule has 1 aliphatic carbocycles. The van der Waals surface area contributed by atoms with Crippen LogP contribution in [0.5, 0.6) is 0 Å². The largest absolute Gasteiger partial charge is 0.374 e. The second-order valence-corrected chi connectivity index (χ2v) is 6.27. The van der Waals surface area contributed by atoms with Gasteiger partial charge < -0.3 is 10.3 Å². The van der Waals surface area contributed by atoms with E-state index in [1.54, 1.807) is 0 Å². The molecule has 5 nitrogen and oxygen atoms in total. The molecule has 6 heteroatoms. The van der Waals surface area contributed by atoms with Crippen molar-refractivity contribution in [1.29, 1.82) is 0 Å². The summed E-state index contributed by atoms with van der Waals surface area (Å²) in [5.41, 5.74) is 8.79. The van der Waals surface area contributed by atoms with Crippen LogP contribution in [0.3, 0.4) is 0 Å². The Hall–Kier alpha value is -1.69. The first-order valence-electron chi connectivity index (χ1n) is 6.98. The first-order chi connectivity index (χ1) is 9.61. The topological polar surface area (TPSA) is 73.8 Å². The first kappa shape index (κ1) is 13.3.